The fourth-order valence-electron chi connectivity index (χ4n) is 4.89. The lowest BCUT2D eigenvalue weighted by atomic mass is 9.68. The van der Waals surface area contributed by atoms with E-state index in [9.17, 15) is 9.59 Å². The molecule has 0 aromatic heterocycles. The topological polar surface area (TPSA) is 37.4 Å². The van der Waals surface area contributed by atoms with E-state index in [0.29, 0.717) is 11.7 Å². The minimum Gasteiger partial charge on any atom is -0.339 e. The first-order valence-electron chi connectivity index (χ1n) is 8.84. The lowest BCUT2D eigenvalue weighted by Crippen LogP contribution is -2.48. The van der Waals surface area contributed by atoms with E-state index in [1.165, 1.54) is 12.8 Å². The van der Waals surface area contributed by atoms with Gasteiger partial charge in [0.15, 0.2) is 0 Å². The molecule has 0 N–H and O–H groups in total. The number of likely N-dealkylation sites (tertiary alicyclic amines) is 1. The molecule has 1 aliphatic heterocycles. The fourth-order valence-corrected chi connectivity index (χ4v) is 4.89. The number of ketones is 1. The maximum atomic E-state index is 13.1. The fraction of sp³-hybridized carbons (Fsp3) is 0.889. The summed E-state index contributed by atoms with van der Waals surface area (Å²) < 4.78 is 0. The first-order valence-corrected chi connectivity index (χ1v) is 8.84. The Balaban J connectivity index is 1.75. The van der Waals surface area contributed by atoms with Crippen LogP contribution in [0.25, 0.3) is 0 Å². The van der Waals surface area contributed by atoms with E-state index in [1.54, 1.807) is 0 Å². The van der Waals surface area contributed by atoms with Gasteiger partial charge in [-0.3, -0.25) is 9.59 Å². The van der Waals surface area contributed by atoms with Gasteiger partial charge in [0.25, 0.3) is 0 Å². The highest BCUT2D eigenvalue weighted by Gasteiger charge is 2.45. The molecule has 3 rings (SSSR count). The van der Waals surface area contributed by atoms with Crippen molar-refractivity contribution in [3.8, 4) is 0 Å². The molecule has 0 radical (unpaired) electrons. The molecular formula is C18H29NO2. The summed E-state index contributed by atoms with van der Waals surface area (Å²) in [6, 6.07) is 0.213. The molecule has 3 heteroatoms. The Morgan fingerprint density at radius 1 is 1.10 bits per heavy atom. The number of carbonyl (C=O) groups is 2. The molecule has 118 valence electrons. The molecule has 2 aliphatic carbocycles. The zero-order valence-corrected chi connectivity index (χ0v) is 13.6. The minimum absolute atomic E-state index is 0.127. The Morgan fingerprint density at radius 2 is 1.90 bits per heavy atom. The summed E-state index contributed by atoms with van der Waals surface area (Å²) in [5, 5.41) is 0. The van der Waals surface area contributed by atoms with Crippen LogP contribution in [0.5, 0.6) is 0 Å². The number of rotatable bonds is 2. The van der Waals surface area contributed by atoms with Crippen LogP contribution in [0.4, 0.5) is 0 Å². The largest absolute Gasteiger partial charge is 0.339 e. The first kappa shape index (κ1) is 15.1. The molecule has 1 saturated heterocycles. The van der Waals surface area contributed by atoms with Gasteiger partial charge < -0.3 is 4.90 Å². The second kappa shape index (κ2) is 5.73. The lowest BCUT2D eigenvalue weighted by molar-refractivity contribution is -0.143. The molecule has 0 spiro atoms. The summed E-state index contributed by atoms with van der Waals surface area (Å²) in [6.07, 6.45) is 9.50. The zero-order valence-electron chi connectivity index (χ0n) is 13.6. The SMILES string of the molecule is CC1(C)CCCCC1C(=O)N1CCCC1C1CCCC1=O. The van der Waals surface area contributed by atoms with E-state index in [0.717, 1.165) is 51.5 Å². The highest BCUT2D eigenvalue weighted by Crippen LogP contribution is 2.43. The van der Waals surface area contributed by atoms with E-state index >= 15 is 0 Å². The zero-order chi connectivity index (χ0) is 15.0. The van der Waals surface area contributed by atoms with E-state index in [1.807, 2.05) is 0 Å². The number of nitrogens with zero attached hydrogens (tertiary/aromatic N) is 1. The molecule has 1 amide bonds. The number of hydrogen-bond donors (Lipinski definition) is 0. The Morgan fingerprint density at radius 3 is 2.57 bits per heavy atom. The van der Waals surface area contributed by atoms with Crippen LogP contribution in [-0.4, -0.2) is 29.2 Å². The van der Waals surface area contributed by atoms with Crippen LogP contribution in [0.3, 0.4) is 0 Å². The van der Waals surface area contributed by atoms with Gasteiger partial charge in [0.2, 0.25) is 5.91 Å². The molecule has 3 aliphatic rings. The van der Waals surface area contributed by atoms with Gasteiger partial charge in [-0.15, -0.1) is 0 Å². The molecule has 0 aromatic rings. The van der Waals surface area contributed by atoms with Crippen LogP contribution in [0.2, 0.25) is 0 Å². The normalized spacial score (nSPS) is 36.2. The van der Waals surface area contributed by atoms with Crippen molar-refractivity contribution in [2.24, 2.45) is 17.3 Å². The van der Waals surface area contributed by atoms with E-state index in [2.05, 4.69) is 18.7 Å². The van der Waals surface area contributed by atoms with Gasteiger partial charge in [-0.2, -0.15) is 0 Å². The van der Waals surface area contributed by atoms with Gasteiger partial charge in [0, 0.05) is 30.8 Å². The van der Waals surface area contributed by atoms with Gasteiger partial charge in [-0.1, -0.05) is 26.7 Å². The third-order valence-corrected chi connectivity index (χ3v) is 6.20. The predicted molar refractivity (Wildman–Crippen MR) is 82.8 cm³/mol. The smallest absolute Gasteiger partial charge is 0.226 e. The Labute approximate surface area is 128 Å². The molecule has 21 heavy (non-hydrogen) atoms. The molecule has 3 nitrogen and oxygen atoms in total. The Hall–Kier alpha value is -0.860. The molecule has 2 saturated carbocycles. The molecule has 0 aromatic carbocycles. The van der Waals surface area contributed by atoms with E-state index in [-0.39, 0.29) is 23.3 Å². The standard InChI is InChI=1S/C18H29NO2/c1-18(2)11-4-3-8-14(18)17(21)19-12-6-9-15(19)13-7-5-10-16(13)20/h13-15H,3-12H2,1-2H3. The maximum absolute atomic E-state index is 13.1. The van der Waals surface area contributed by atoms with E-state index in [4.69, 9.17) is 0 Å². The van der Waals surface area contributed by atoms with Crippen molar-refractivity contribution >= 4 is 11.7 Å². The van der Waals surface area contributed by atoms with Crippen molar-refractivity contribution in [3.63, 3.8) is 0 Å². The van der Waals surface area contributed by atoms with Crippen molar-refractivity contribution in [2.75, 3.05) is 6.54 Å². The van der Waals surface area contributed by atoms with Crippen LogP contribution < -0.4 is 0 Å². The Bertz CT molecular complexity index is 429. The summed E-state index contributed by atoms with van der Waals surface area (Å²) in [7, 11) is 0. The van der Waals surface area contributed by atoms with Gasteiger partial charge in [-0.05, 0) is 43.9 Å². The highest BCUT2D eigenvalue weighted by molar-refractivity contribution is 5.85. The number of amides is 1. The maximum Gasteiger partial charge on any atom is 0.226 e. The molecule has 0 bridgehead atoms. The molecule has 3 fully saturated rings. The van der Waals surface area contributed by atoms with Crippen LogP contribution in [0, 0.1) is 17.3 Å². The van der Waals surface area contributed by atoms with Crippen molar-refractivity contribution in [1.82, 2.24) is 4.90 Å². The van der Waals surface area contributed by atoms with Crippen molar-refractivity contribution < 1.29 is 9.59 Å². The summed E-state index contributed by atoms with van der Waals surface area (Å²) in [5.41, 5.74) is 0.127. The highest BCUT2D eigenvalue weighted by atomic mass is 16.2. The molecule has 3 atom stereocenters. The average Bonchev–Trinajstić information content (AvgIpc) is 3.05. The second-order valence-corrected chi connectivity index (χ2v) is 7.99. The predicted octanol–water partition coefficient (Wildman–Crippen LogP) is 3.56. The number of Topliss-reactive ketones (excluding diaryl/α,β-unsaturated/α-hetero) is 1. The van der Waals surface area contributed by atoms with Gasteiger partial charge in [-0.25, -0.2) is 0 Å². The van der Waals surface area contributed by atoms with E-state index < -0.39 is 0 Å². The van der Waals surface area contributed by atoms with Gasteiger partial charge in [0.1, 0.15) is 5.78 Å². The summed E-state index contributed by atoms with van der Waals surface area (Å²) in [6.45, 7) is 5.38. The minimum atomic E-state index is 0.127. The van der Waals surface area contributed by atoms with Crippen molar-refractivity contribution in [2.45, 2.75) is 77.7 Å². The van der Waals surface area contributed by atoms with Crippen molar-refractivity contribution in [1.29, 1.82) is 0 Å². The summed E-state index contributed by atoms with van der Waals surface area (Å²) >= 11 is 0. The number of hydrogen-bond acceptors (Lipinski definition) is 2. The monoisotopic (exact) mass is 291 g/mol. The number of carbonyl (C=O) groups excluding carboxylic acids is 2. The molecule has 1 heterocycles. The van der Waals surface area contributed by atoms with Crippen LogP contribution in [0.15, 0.2) is 0 Å². The van der Waals surface area contributed by atoms with Gasteiger partial charge >= 0.3 is 0 Å². The summed E-state index contributed by atoms with van der Waals surface area (Å²) in [4.78, 5) is 27.3. The summed E-state index contributed by atoms with van der Waals surface area (Å²) in [5.74, 6) is 1.07. The van der Waals surface area contributed by atoms with Gasteiger partial charge in [0.05, 0.1) is 0 Å². The van der Waals surface area contributed by atoms with Crippen molar-refractivity contribution in [3.05, 3.63) is 0 Å². The molecule has 3 unspecified atom stereocenters. The lowest BCUT2D eigenvalue weighted by Gasteiger charge is -2.41. The average molecular weight is 291 g/mol. The molecular weight excluding hydrogens is 262 g/mol. The third kappa shape index (κ3) is 2.76. The Kier molecular flexibility index (Phi) is 4.11. The quantitative estimate of drug-likeness (QED) is 0.780. The van der Waals surface area contributed by atoms with Crippen LogP contribution in [-0.2, 0) is 9.59 Å². The third-order valence-electron chi connectivity index (χ3n) is 6.20. The second-order valence-electron chi connectivity index (χ2n) is 7.99. The van der Waals surface area contributed by atoms with Crippen LogP contribution >= 0.6 is 0 Å². The van der Waals surface area contributed by atoms with Crippen LogP contribution in [0.1, 0.15) is 71.6 Å². The first-order chi connectivity index (χ1) is 10.0.